The average molecular weight is 486 g/mol. The van der Waals surface area contributed by atoms with E-state index in [0.717, 1.165) is 11.1 Å². The van der Waals surface area contributed by atoms with E-state index in [4.69, 9.17) is 11.6 Å². The van der Waals surface area contributed by atoms with Gasteiger partial charge in [-0.05, 0) is 47.9 Å². The topological polar surface area (TPSA) is 90.7 Å². The number of hydrogen-bond acceptors (Lipinski definition) is 5. The number of pyridine rings is 2. The standard InChI is InChI=1S/C27H21ClFN5O/c28-24-14-23(27(35)33-17-19-6-4-11-31-16-19)26(32-12-10-18-5-3-8-21(29)13-18)34-25(24)22-9-2-1-7-20(22)15-30/h1-9,11,13-14,16H,10,12,17H2,(H,32,34)(H,33,35). The van der Waals surface area contributed by atoms with Crippen molar-refractivity contribution in [2.45, 2.75) is 13.0 Å². The van der Waals surface area contributed by atoms with Crippen molar-refractivity contribution < 1.29 is 9.18 Å². The molecule has 6 nitrogen and oxygen atoms in total. The molecule has 35 heavy (non-hydrogen) atoms. The van der Waals surface area contributed by atoms with Gasteiger partial charge in [-0.2, -0.15) is 5.26 Å². The van der Waals surface area contributed by atoms with Crippen molar-refractivity contribution in [1.29, 1.82) is 5.26 Å². The van der Waals surface area contributed by atoms with Crippen molar-refractivity contribution in [3.8, 4) is 17.3 Å². The van der Waals surface area contributed by atoms with Crippen molar-refractivity contribution >= 4 is 23.3 Å². The largest absolute Gasteiger partial charge is 0.369 e. The second kappa shape index (κ2) is 11.2. The molecule has 0 aliphatic heterocycles. The number of anilines is 1. The SMILES string of the molecule is N#Cc1ccccc1-c1nc(NCCc2cccc(F)c2)c(C(=O)NCc2cccnc2)cc1Cl. The second-order valence-corrected chi connectivity index (χ2v) is 8.13. The molecule has 4 rings (SSSR count). The van der Waals surface area contributed by atoms with Crippen LogP contribution in [0, 0.1) is 17.1 Å². The predicted molar refractivity (Wildman–Crippen MR) is 133 cm³/mol. The van der Waals surface area contributed by atoms with Gasteiger partial charge in [-0.3, -0.25) is 9.78 Å². The van der Waals surface area contributed by atoms with E-state index in [1.54, 1.807) is 54.9 Å². The number of halogens is 2. The number of carbonyl (C=O) groups is 1. The summed E-state index contributed by atoms with van der Waals surface area (Å²) in [6, 6.07) is 20.7. The van der Waals surface area contributed by atoms with E-state index in [1.165, 1.54) is 12.1 Å². The van der Waals surface area contributed by atoms with Crippen molar-refractivity contribution in [3.63, 3.8) is 0 Å². The zero-order valence-electron chi connectivity index (χ0n) is 18.6. The molecule has 0 saturated heterocycles. The van der Waals surface area contributed by atoms with Gasteiger partial charge in [0.1, 0.15) is 11.6 Å². The van der Waals surface area contributed by atoms with Crippen LogP contribution in [-0.2, 0) is 13.0 Å². The molecule has 0 saturated carbocycles. The Morgan fingerprint density at radius 3 is 2.66 bits per heavy atom. The van der Waals surface area contributed by atoms with Gasteiger partial charge in [-0.1, -0.05) is 48.0 Å². The van der Waals surface area contributed by atoms with Crippen LogP contribution >= 0.6 is 11.6 Å². The Kier molecular flexibility index (Phi) is 7.66. The summed E-state index contributed by atoms with van der Waals surface area (Å²) in [6.45, 7) is 0.687. The summed E-state index contributed by atoms with van der Waals surface area (Å²) in [5.74, 6) is -0.355. The highest BCUT2D eigenvalue weighted by Gasteiger charge is 2.19. The molecule has 0 aliphatic rings. The number of nitrogens with one attached hydrogen (secondary N) is 2. The summed E-state index contributed by atoms with van der Waals surface area (Å²) in [4.78, 5) is 21.8. The summed E-state index contributed by atoms with van der Waals surface area (Å²) in [6.07, 6.45) is 3.85. The van der Waals surface area contributed by atoms with Crippen molar-refractivity contribution in [1.82, 2.24) is 15.3 Å². The molecule has 2 heterocycles. The quantitative estimate of drug-likeness (QED) is 0.349. The van der Waals surface area contributed by atoms with Crippen LogP contribution in [0.2, 0.25) is 5.02 Å². The third-order valence-corrected chi connectivity index (χ3v) is 5.58. The van der Waals surface area contributed by atoms with Gasteiger partial charge in [-0.25, -0.2) is 9.37 Å². The molecule has 0 aliphatic carbocycles. The molecule has 0 unspecified atom stereocenters. The zero-order chi connectivity index (χ0) is 24.6. The van der Waals surface area contributed by atoms with Crippen LogP contribution in [0.15, 0.2) is 79.1 Å². The maximum atomic E-state index is 13.5. The first kappa shape index (κ1) is 23.9. The van der Waals surface area contributed by atoms with Crippen LogP contribution in [0.5, 0.6) is 0 Å². The Morgan fingerprint density at radius 1 is 1.06 bits per heavy atom. The lowest BCUT2D eigenvalue weighted by Gasteiger charge is -2.15. The molecular formula is C27H21ClFN5O. The molecule has 2 aromatic heterocycles. The number of aromatic nitrogens is 2. The lowest BCUT2D eigenvalue weighted by molar-refractivity contribution is 0.0951. The lowest BCUT2D eigenvalue weighted by Crippen LogP contribution is -2.25. The van der Waals surface area contributed by atoms with Gasteiger partial charge < -0.3 is 10.6 Å². The highest BCUT2D eigenvalue weighted by Crippen LogP contribution is 2.32. The fourth-order valence-corrected chi connectivity index (χ4v) is 3.82. The van der Waals surface area contributed by atoms with Gasteiger partial charge in [0.05, 0.1) is 27.9 Å². The molecule has 0 atom stereocenters. The molecule has 1 amide bonds. The summed E-state index contributed by atoms with van der Waals surface area (Å²) in [5, 5.41) is 15.8. The summed E-state index contributed by atoms with van der Waals surface area (Å²) in [5.41, 5.74) is 3.29. The van der Waals surface area contributed by atoms with Crippen molar-refractivity contribution in [3.05, 3.63) is 112 Å². The Bertz CT molecular complexity index is 1390. The monoisotopic (exact) mass is 485 g/mol. The minimum Gasteiger partial charge on any atom is -0.369 e. The average Bonchev–Trinajstić information content (AvgIpc) is 2.88. The van der Waals surface area contributed by atoms with Crippen LogP contribution < -0.4 is 10.6 Å². The van der Waals surface area contributed by atoms with Gasteiger partial charge in [-0.15, -0.1) is 0 Å². The maximum absolute atomic E-state index is 13.5. The van der Waals surface area contributed by atoms with Gasteiger partial charge in [0.2, 0.25) is 0 Å². The first-order chi connectivity index (χ1) is 17.0. The molecule has 2 aromatic carbocycles. The van der Waals surface area contributed by atoms with Gasteiger partial charge >= 0.3 is 0 Å². The molecule has 0 fully saturated rings. The molecular weight excluding hydrogens is 465 g/mol. The molecule has 2 N–H and O–H groups in total. The molecule has 174 valence electrons. The first-order valence-electron chi connectivity index (χ1n) is 10.9. The number of rotatable bonds is 8. The van der Waals surface area contributed by atoms with E-state index in [0.29, 0.717) is 35.6 Å². The molecule has 8 heteroatoms. The van der Waals surface area contributed by atoms with Crippen molar-refractivity contribution in [2.75, 3.05) is 11.9 Å². The van der Waals surface area contributed by atoms with Crippen LogP contribution in [0.3, 0.4) is 0 Å². The van der Waals surface area contributed by atoms with E-state index >= 15 is 0 Å². The summed E-state index contributed by atoms with van der Waals surface area (Å²) in [7, 11) is 0. The van der Waals surface area contributed by atoms with Crippen LogP contribution in [-0.4, -0.2) is 22.4 Å². The molecule has 4 aromatic rings. The van der Waals surface area contributed by atoms with Gasteiger partial charge in [0, 0.05) is 31.0 Å². The normalized spacial score (nSPS) is 10.4. The predicted octanol–water partition coefficient (Wildman–Crippen LogP) is 5.39. The molecule has 0 radical (unpaired) electrons. The molecule has 0 bridgehead atoms. The van der Waals surface area contributed by atoms with Crippen LogP contribution in [0.1, 0.15) is 27.0 Å². The summed E-state index contributed by atoms with van der Waals surface area (Å²) < 4.78 is 13.5. The number of amides is 1. The maximum Gasteiger partial charge on any atom is 0.255 e. The van der Waals surface area contributed by atoms with E-state index < -0.39 is 0 Å². The Morgan fingerprint density at radius 2 is 1.89 bits per heavy atom. The van der Waals surface area contributed by atoms with Gasteiger partial charge in [0.25, 0.3) is 5.91 Å². The number of nitriles is 1. The number of benzene rings is 2. The highest BCUT2D eigenvalue weighted by molar-refractivity contribution is 6.33. The van der Waals surface area contributed by atoms with Crippen LogP contribution in [0.4, 0.5) is 10.2 Å². The number of nitrogens with zero attached hydrogens (tertiary/aromatic N) is 3. The lowest BCUT2D eigenvalue weighted by atomic mass is 10.0. The summed E-state index contributed by atoms with van der Waals surface area (Å²) >= 11 is 6.54. The Labute approximate surface area is 207 Å². The number of carbonyl (C=O) groups excluding carboxylic acids is 1. The zero-order valence-corrected chi connectivity index (χ0v) is 19.4. The third kappa shape index (κ3) is 5.99. The minimum absolute atomic E-state index is 0.245. The Hall–Kier alpha value is -4.28. The number of hydrogen-bond donors (Lipinski definition) is 2. The van der Waals surface area contributed by atoms with E-state index in [1.807, 2.05) is 12.1 Å². The Balaban J connectivity index is 1.63. The minimum atomic E-state index is -0.364. The first-order valence-corrected chi connectivity index (χ1v) is 11.3. The highest BCUT2D eigenvalue weighted by atomic mass is 35.5. The van der Waals surface area contributed by atoms with Gasteiger partial charge in [0.15, 0.2) is 0 Å². The van der Waals surface area contributed by atoms with E-state index in [9.17, 15) is 14.4 Å². The van der Waals surface area contributed by atoms with Crippen molar-refractivity contribution in [2.24, 2.45) is 0 Å². The molecule has 0 spiro atoms. The second-order valence-electron chi connectivity index (χ2n) is 7.72. The fourth-order valence-electron chi connectivity index (χ4n) is 3.57. The smallest absolute Gasteiger partial charge is 0.255 e. The van der Waals surface area contributed by atoms with E-state index in [-0.39, 0.29) is 28.9 Å². The fraction of sp³-hybridized carbons (Fsp3) is 0.111. The van der Waals surface area contributed by atoms with E-state index in [2.05, 4.69) is 26.7 Å². The third-order valence-electron chi connectivity index (χ3n) is 5.29. The van der Waals surface area contributed by atoms with Crippen LogP contribution in [0.25, 0.3) is 11.3 Å².